The van der Waals surface area contributed by atoms with Gasteiger partial charge in [-0.15, -0.1) is 0 Å². The van der Waals surface area contributed by atoms with Crippen LogP contribution in [0.25, 0.3) is 0 Å². The lowest BCUT2D eigenvalue weighted by atomic mass is 10.2. The van der Waals surface area contributed by atoms with Crippen molar-refractivity contribution in [1.82, 2.24) is 4.98 Å². The minimum atomic E-state index is 0.701. The number of hydrogen-bond donors (Lipinski definition) is 0. The van der Waals surface area contributed by atoms with Crippen molar-refractivity contribution in [2.75, 3.05) is 0 Å². The highest BCUT2D eigenvalue weighted by molar-refractivity contribution is 4.63. The minimum Gasteiger partial charge on any atom is -0.252 e. The van der Waals surface area contributed by atoms with Crippen LogP contribution >= 0.6 is 0 Å². The molecule has 1 rings (SSSR count). The van der Waals surface area contributed by atoms with E-state index in [1.807, 2.05) is 24.8 Å². The molecule has 0 saturated carbocycles. The molecule has 0 aromatic carbocycles. The van der Waals surface area contributed by atoms with Gasteiger partial charge in [0.25, 0.3) is 0 Å². The molecule has 0 unspecified atom stereocenters. The average molecular weight is 137 g/mol. The Balaban J connectivity index is 2.59. The van der Waals surface area contributed by atoms with Crippen molar-refractivity contribution in [3.8, 4) is 0 Å². The van der Waals surface area contributed by atoms with E-state index in [0.29, 0.717) is 5.92 Å². The smallest absolute Gasteiger partial charge is 0.187 e. The van der Waals surface area contributed by atoms with E-state index in [1.165, 1.54) is 0 Å². The van der Waals surface area contributed by atoms with Crippen LogP contribution in [-0.4, -0.2) is 4.98 Å². The zero-order valence-electron chi connectivity index (χ0n) is 6.49. The number of aromatic nitrogens is 2. The fourth-order valence-electron chi connectivity index (χ4n) is 0.891. The zero-order chi connectivity index (χ0) is 7.40. The van der Waals surface area contributed by atoms with Crippen molar-refractivity contribution in [2.45, 2.75) is 20.4 Å². The fraction of sp³-hybridized carbons (Fsp3) is 0.500. The molecule has 0 spiro atoms. The van der Waals surface area contributed by atoms with Gasteiger partial charge in [-0.05, 0) is 0 Å². The Bertz CT molecular complexity index is 182. The van der Waals surface area contributed by atoms with Gasteiger partial charge < -0.3 is 0 Å². The van der Waals surface area contributed by atoms with Crippen LogP contribution in [0.5, 0.6) is 0 Å². The first-order valence-corrected chi connectivity index (χ1v) is 3.58. The standard InChI is InChI=1S/C8H13N2/c1-8(2)7-10-5-3-9-4-6-10/h3-6,8H,7H2,1-2H3/q+1. The topological polar surface area (TPSA) is 16.8 Å². The average Bonchev–Trinajstić information content (AvgIpc) is 1.88. The monoisotopic (exact) mass is 137 g/mol. The molecule has 0 amide bonds. The molecule has 10 heavy (non-hydrogen) atoms. The predicted molar refractivity (Wildman–Crippen MR) is 39.3 cm³/mol. The normalized spacial score (nSPS) is 10.3. The van der Waals surface area contributed by atoms with Crippen molar-refractivity contribution in [3.05, 3.63) is 24.8 Å². The highest BCUT2D eigenvalue weighted by atomic mass is 14.9. The van der Waals surface area contributed by atoms with E-state index in [0.717, 1.165) is 6.54 Å². The molecule has 0 aliphatic carbocycles. The van der Waals surface area contributed by atoms with Crippen molar-refractivity contribution < 1.29 is 4.57 Å². The lowest BCUT2D eigenvalue weighted by Crippen LogP contribution is -2.35. The van der Waals surface area contributed by atoms with Crippen LogP contribution in [0, 0.1) is 5.92 Å². The van der Waals surface area contributed by atoms with Crippen LogP contribution in [0.1, 0.15) is 13.8 Å². The number of nitrogens with zero attached hydrogens (tertiary/aromatic N) is 2. The van der Waals surface area contributed by atoms with Crippen LogP contribution in [0.2, 0.25) is 0 Å². The van der Waals surface area contributed by atoms with Gasteiger partial charge in [0.15, 0.2) is 18.9 Å². The molecule has 1 heterocycles. The molecule has 0 aliphatic heterocycles. The van der Waals surface area contributed by atoms with Gasteiger partial charge in [0.1, 0.15) is 0 Å². The molecule has 1 aromatic rings. The van der Waals surface area contributed by atoms with E-state index < -0.39 is 0 Å². The van der Waals surface area contributed by atoms with Gasteiger partial charge in [-0.3, -0.25) is 4.98 Å². The molecule has 0 aliphatic rings. The molecule has 0 N–H and O–H groups in total. The minimum absolute atomic E-state index is 0.701. The lowest BCUT2D eigenvalue weighted by molar-refractivity contribution is -0.702. The fourth-order valence-corrected chi connectivity index (χ4v) is 0.891. The van der Waals surface area contributed by atoms with Gasteiger partial charge in [0.2, 0.25) is 0 Å². The summed E-state index contributed by atoms with van der Waals surface area (Å²) >= 11 is 0. The van der Waals surface area contributed by atoms with E-state index in [9.17, 15) is 0 Å². The van der Waals surface area contributed by atoms with Crippen molar-refractivity contribution in [2.24, 2.45) is 5.92 Å². The Morgan fingerprint density at radius 1 is 1.30 bits per heavy atom. The maximum atomic E-state index is 3.93. The second-order valence-electron chi connectivity index (χ2n) is 2.84. The molecular formula is C8H13N2+. The Hall–Kier alpha value is -0.920. The first-order chi connectivity index (χ1) is 4.79. The van der Waals surface area contributed by atoms with E-state index in [1.54, 1.807) is 0 Å². The summed E-state index contributed by atoms with van der Waals surface area (Å²) in [7, 11) is 0. The SMILES string of the molecule is CC(C)C[n+]1ccncc1. The van der Waals surface area contributed by atoms with Gasteiger partial charge in [-0.2, -0.15) is 0 Å². The maximum Gasteiger partial charge on any atom is 0.187 e. The molecule has 2 heteroatoms. The molecule has 1 aromatic heterocycles. The second-order valence-corrected chi connectivity index (χ2v) is 2.84. The summed E-state index contributed by atoms with van der Waals surface area (Å²) in [5.74, 6) is 0.701. The Morgan fingerprint density at radius 2 is 1.90 bits per heavy atom. The Morgan fingerprint density at radius 3 is 2.40 bits per heavy atom. The third-order valence-electron chi connectivity index (χ3n) is 1.26. The lowest BCUT2D eigenvalue weighted by Gasteiger charge is -1.97. The van der Waals surface area contributed by atoms with Gasteiger partial charge >= 0.3 is 0 Å². The van der Waals surface area contributed by atoms with Crippen LogP contribution in [0.4, 0.5) is 0 Å². The maximum absolute atomic E-state index is 3.93. The largest absolute Gasteiger partial charge is 0.252 e. The van der Waals surface area contributed by atoms with Crippen molar-refractivity contribution in [3.63, 3.8) is 0 Å². The second kappa shape index (κ2) is 3.30. The zero-order valence-corrected chi connectivity index (χ0v) is 6.49. The van der Waals surface area contributed by atoms with Crippen LogP contribution in [0.3, 0.4) is 0 Å². The highest BCUT2D eigenvalue weighted by Gasteiger charge is 2.00. The van der Waals surface area contributed by atoms with Gasteiger partial charge in [0, 0.05) is 5.92 Å². The summed E-state index contributed by atoms with van der Waals surface area (Å²) in [6.45, 7) is 5.48. The summed E-state index contributed by atoms with van der Waals surface area (Å²) in [4.78, 5) is 3.93. The summed E-state index contributed by atoms with van der Waals surface area (Å²) in [5.41, 5.74) is 0. The van der Waals surface area contributed by atoms with E-state index >= 15 is 0 Å². The molecular weight excluding hydrogens is 124 g/mol. The number of rotatable bonds is 2. The summed E-state index contributed by atoms with van der Waals surface area (Å²) < 4.78 is 2.14. The van der Waals surface area contributed by atoms with Crippen LogP contribution in [-0.2, 0) is 6.54 Å². The molecule has 54 valence electrons. The molecule has 0 atom stereocenters. The quantitative estimate of drug-likeness (QED) is 0.556. The Kier molecular flexibility index (Phi) is 2.37. The predicted octanol–water partition coefficient (Wildman–Crippen LogP) is 1.03. The summed E-state index contributed by atoms with van der Waals surface area (Å²) in [5, 5.41) is 0. The van der Waals surface area contributed by atoms with Crippen molar-refractivity contribution in [1.29, 1.82) is 0 Å². The third-order valence-corrected chi connectivity index (χ3v) is 1.26. The van der Waals surface area contributed by atoms with Gasteiger partial charge in [-0.25, -0.2) is 4.57 Å². The van der Waals surface area contributed by atoms with Crippen LogP contribution < -0.4 is 4.57 Å². The molecule has 0 bridgehead atoms. The molecule has 0 saturated heterocycles. The van der Waals surface area contributed by atoms with Gasteiger partial charge in [0.05, 0.1) is 12.4 Å². The summed E-state index contributed by atoms with van der Waals surface area (Å²) in [6, 6.07) is 0. The van der Waals surface area contributed by atoms with Crippen molar-refractivity contribution >= 4 is 0 Å². The third kappa shape index (κ3) is 2.13. The molecule has 0 fully saturated rings. The molecule has 2 nitrogen and oxygen atoms in total. The first-order valence-electron chi connectivity index (χ1n) is 3.58. The van der Waals surface area contributed by atoms with Gasteiger partial charge in [-0.1, -0.05) is 13.8 Å². The highest BCUT2D eigenvalue weighted by Crippen LogP contribution is 1.88. The van der Waals surface area contributed by atoms with E-state index in [-0.39, 0.29) is 0 Å². The first kappa shape index (κ1) is 7.19. The van der Waals surface area contributed by atoms with E-state index in [2.05, 4.69) is 23.4 Å². The number of hydrogen-bond acceptors (Lipinski definition) is 1. The van der Waals surface area contributed by atoms with Crippen LogP contribution in [0.15, 0.2) is 24.8 Å². The molecule has 0 radical (unpaired) electrons. The van der Waals surface area contributed by atoms with E-state index in [4.69, 9.17) is 0 Å². The summed E-state index contributed by atoms with van der Waals surface area (Å²) in [6.07, 6.45) is 7.59. The Labute approximate surface area is 61.5 Å².